The Hall–Kier alpha value is -2.66. The van der Waals surface area contributed by atoms with E-state index in [0.29, 0.717) is 0 Å². The zero-order valence-corrected chi connectivity index (χ0v) is 15.1. The standard InChI is InChI=1S/C21H26N2O3/c1-2-9-19(17-12-7-4-8-13-17)23-21(25)18(22)14-20(24)26-15-16-10-5-3-6-11-16/h3-8,10-13,18-19H,2,9,14-15,22H2,1H3,(H,23,25)/t18-,19?/m0/s1. The summed E-state index contributed by atoms with van der Waals surface area (Å²) in [6.07, 6.45) is 1.58. The van der Waals surface area contributed by atoms with E-state index in [1.165, 1.54) is 0 Å². The van der Waals surface area contributed by atoms with E-state index in [2.05, 4.69) is 12.2 Å². The van der Waals surface area contributed by atoms with Gasteiger partial charge in [0, 0.05) is 0 Å². The van der Waals surface area contributed by atoms with Crippen molar-refractivity contribution in [1.82, 2.24) is 5.32 Å². The number of nitrogens with one attached hydrogen (secondary N) is 1. The van der Waals surface area contributed by atoms with Crippen LogP contribution in [0.3, 0.4) is 0 Å². The maximum atomic E-state index is 12.4. The molecule has 0 saturated heterocycles. The molecule has 2 aromatic carbocycles. The fourth-order valence-electron chi connectivity index (χ4n) is 2.64. The number of carbonyl (C=O) groups is 2. The third kappa shape index (κ3) is 6.33. The zero-order chi connectivity index (χ0) is 18.8. The fraction of sp³-hybridized carbons (Fsp3) is 0.333. The van der Waals surface area contributed by atoms with Crippen molar-refractivity contribution in [3.05, 3.63) is 71.8 Å². The molecule has 0 aliphatic carbocycles. The molecule has 0 saturated carbocycles. The number of benzene rings is 2. The summed E-state index contributed by atoms with van der Waals surface area (Å²) in [4.78, 5) is 24.3. The number of hydrogen-bond donors (Lipinski definition) is 2. The Morgan fingerprint density at radius 2 is 1.65 bits per heavy atom. The van der Waals surface area contributed by atoms with E-state index in [9.17, 15) is 9.59 Å². The molecule has 0 aromatic heterocycles. The molecule has 5 heteroatoms. The van der Waals surface area contributed by atoms with Crippen molar-refractivity contribution < 1.29 is 14.3 Å². The molecule has 2 aromatic rings. The van der Waals surface area contributed by atoms with Crippen molar-refractivity contribution in [3.63, 3.8) is 0 Å². The second-order valence-corrected chi connectivity index (χ2v) is 6.22. The number of rotatable bonds is 9. The third-order valence-corrected chi connectivity index (χ3v) is 4.06. The minimum absolute atomic E-state index is 0.111. The smallest absolute Gasteiger partial charge is 0.308 e. The van der Waals surface area contributed by atoms with Crippen molar-refractivity contribution in [1.29, 1.82) is 0 Å². The van der Waals surface area contributed by atoms with Gasteiger partial charge >= 0.3 is 5.97 Å². The Balaban J connectivity index is 1.84. The van der Waals surface area contributed by atoms with Gasteiger partial charge in [0.2, 0.25) is 5.91 Å². The van der Waals surface area contributed by atoms with Gasteiger partial charge in [0.1, 0.15) is 6.61 Å². The number of ether oxygens (including phenoxy) is 1. The summed E-state index contributed by atoms with van der Waals surface area (Å²) in [6.45, 7) is 2.24. The van der Waals surface area contributed by atoms with E-state index in [1.54, 1.807) is 0 Å². The van der Waals surface area contributed by atoms with Gasteiger partial charge in [0.25, 0.3) is 0 Å². The summed E-state index contributed by atoms with van der Waals surface area (Å²) in [7, 11) is 0. The van der Waals surface area contributed by atoms with E-state index in [0.717, 1.165) is 24.0 Å². The van der Waals surface area contributed by atoms with Gasteiger partial charge in [0.05, 0.1) is 18.5 Å². The van der Waals surface area contributed by atoms with Crippen LogP contribution in [-0.4, -0.2) is 17.9 Å². The summed E-state index contributed by atoms with van der Waals surface area (Å²) < 4.78 is 5.19. The molecule has 0 heterocycles. The topological polar surface area (TPSA) is 81.4 Å². The first-order chi connectivity index (χ1) is 12.6. The fourth-order valence-corrected chi connectivity index (χ4v) is 2.64. The highest BCUT2D eigenvalue weighted by Gasteiger charge is 2.22. The van der Waals surface area contributed by atoms with Gasteiger partial charge < -0.3 is 15.8 Å². The molecule has 138 valence electrons. The van der Waals surface area contributed by atoms with Gasteiger partial charge in [-0.2, -0.15) is 0 Å². The molecule has 0 spiro atoms. The van der Waals surface area contributed by atoms with Crippen molar-refractivity contribution in [2.45, 2.75) is 44.9 Å². The van der Waals surface area contributed by atoms with Crippen molar-refractivity contribution in [3.8, 4) is 0 Å². The summed E-state index contributed by atoms with van der Waals surface area (Å²) >= 11 is 0. The second-order valence-electron chi connectivity index (χ2n) is 6.22. The van der Waals surface area contributed by atoms with Crippen LogP contribution < -0.4 is 11.1 Å². The molecule has 1 unspecified atom stereocenters. The highest BCUT2D eigenvalue weighted by Crippen LogP contribution is 2.18. The summed E-state index contributed by atoms with van der Waals surface area (Å²) in [5, 5.41) is 2.94. The maximum Gasteiger partial charge on any atom is 0.308 e. The molecule has 2 rings (SSSR count). The van der Waals surface area contributed by atoms with Crippen LogP contribution in [0.2, 0.25) is 0 Å². The SMILES string of the molecule is CCCC(NC(=O)[C@@H](N)CC(=O)OCc1ccccc1)c1ccccc1. The molecule has 0 bridgehead atoms. The maximum absolute atomic E-state index is 12.4. The lowest BCUT2D eigenvalue weighted by atomic mass is 10.0. The van der Waals surface area contributed by atoms with Crippen LogP contribution in [0.5, 0.6) is 0 Å². The predicted octanol–water partition coefficient (Wildman–Crippen LogP) is 3.10. The van der Waals surface area contributed by atoms with Crippen LogP contribution in [-0.2, 0) is 20.9 Å². The molecule has 2 atom stereocenters. The average molecular weight is 354 g/mol. The Labute approximate surface area is 154 Å². The quantitative estimate of drug-likeness (QED) is 0.678. The van der Waals surface area contributed by atoms with E-state index in [-0.39, 0.29) is 25.0 Å². The minimum Gasteiger partial charge on any atom is -0.461 e. The third-order valence-electron chi connectivity index (χ3n) is 4.06. The van der Waals surface area contributed by atoms with Gasteiger partial charge in [0.15, 0.2) is 0 Å². The molecule has 26 heavy (non-hydrogen) atoms. The predicted molar refractivity (Wildman–Crippen MR) is 101 cm³/mol. The molecular weight excluding hydrogens is 328 g/mol. The largest absolute Gasteiger partial charge is 0.461 e. The Bertz CT molecular complexity index is 689. The van der Waals surface area contributed by atoms with Crippen LogP contribution in [0, 0.1) is 0 Å². The first-order valence-electron chi connectivity index (χ1n) is 8.90. The molecule has 0 fully saturated rings. The van der Waals surface area contributed by atoms with Gasteiger partial charge in [-0.1, -0.05) is 74.0 Å². The average Bonchev–Trinajstić information content (AvgIpc) is 2.67. The molecule has 0 aliphatic rings. The van der Waals surface area contributed by atoms with Crippen LogP contribution in [0.15, 0.2) is 60.7 Å². The molecule has 0 radical (unpaired) electrons. The van der Waals surface area contributed by atoms with Crippen LogP contribution in [0.25, 0.3) is 0 Å². The van der Waals surface area contributed by atoms with Crippen LogP contribution in [0.4, 0.5) is 0 Å². The molecule has 1 amide bonds. The van der Waals surface area contributed by atoms with Gasteiger partial charge in [-0.25, -0.2) is 0 Å². The van der Waals surface area contributed by atoms with E-state index in [4.69, 9.17) is 10.5 Å². The van der Waals surface area contributed by atoms with Gasteiger partial charge in [-0.3, -0.25) is 9.59 Å². The lowest BCUT2D eigenvalue weighted by Gasteiger charge is -2.21. The monoisotopic (exact) mass is 354 g/mol. The minimum atomic E-state index is -0.929. The lowest BCUT2D eigenvalue weighted by molar-refractivity contribution is -0.146. The summed E-state index contributed by atoms with van der Waals surface area (Å²) in [5.74, 6) is -0.827. The van der Waals surface area contributed by atoms with Crippen LogP contribution in [0.1, 0.15) is 43.4 Å². The number of hydrogen-bond acceptors (Lipinski definition) is 4. The number of carbonyl (C=O) groups excluding carboxylic acids is 2. The van der Waals surface area contributed by atoms with Crippen molar-refractivity contribution >= 4 is 11.9 Å². The van der Waals surface area contributed by atoms with E-state index in [1.807, 2.05) is 60.7 Å². The molecular formula is C21H26N2O3. The number of amides is 1. The molecule has 3 N–H and O–H groups in total. The van der Waals surface area contributed by atoms with E-state index < -0.39 is 12.0 Å². The molecule has 5 nitrogen and oxygen atoms in total. The van der Waals surface area contributed by atoms with Gasteiger partial charge in [-0.15, -0.1) is 0 Å². The Morgan fingerprint density at radius 1 is 1.04 bits per heavy atom. The normalized spacial score (nSPS) is 12.8. The summed E-state index contributed by atoms with van der Waals surface area (Å²) in [5.41, 5.74) is 7.82. The Kier molecular flexibility index (Phi) is 7.83. The second kappa shape index (κ2) is 10.4. The van der Waals surface area contributed by atoms with Crippen molar-refractivity contribution in [2.75, 3.05) is 0 Å². The highest BCUT2D eigenvalue weighted by molar-refractivity contribution is 5.86. The lowest BCUT2D eigenvalue weighted by Crippen LogP contribution is -2.43. The zero-order valence-electron chi connectivity index (χ0n) is 15.1. The van der Waals surface area contributed by atoms with E-state index >= 15 is 0 Å². The Morgan fingerprint density at radius 3 is 2.27 bits per heavy atom. The number of esters is 1. The first kappa shape index (κ1) is 19.7. The number of nitrogens with two attached hydrogens (primary N) is 1. The van der Waals surface area contributed by atoms with Crippen LogP contribution >= 0.6 is 0 Å². The first-order valence-corrected chi connectivity index (χ1v) is 8.90. The molecule has 0 aliphatic heterocycles. The van der Waals surface area contributed by atoms with Gasteiger partial charge in [-0.05, 0) is 17.5 Å². The van der Waals surface area contributed by atoms with Crippen molar-refractivity contribution in [2.24, 2.45) is 5.73 Å². The summed E-state index contributed by atoms with van der Waals surface area (Å²) in [6, 6.07) is 18.1. The highest BCUT2D eigenvalue weighted by atomic mass is 16.5.